The van der Waals surface area contributed by atoms with Gasteiger partial charge in [-0.25, -0.2) is 13.2 Å². The molecule has 0 saturated heterocycles. The minimum Gasteiger partial charge on any atom is -0.478 e. The van der Waals surface area contributed by atoms with Crippen molar-refractivity contribution in [2.75, 3.05) is 5.75 Å². The van der Waals surface area contributed by atoms with Crippen molar-refractivity contribution in [2.24, 2.45) is 5.92 Å². The number of benzene rings is 1. The first-order chi connectivity index (χ1) is 7.90. The topological polar surface area (TPSA) is 71.4 Å². The van der Waals surface area contributed by atoms with E-state index in [4.69, 9.17) is 5.11 Å². The summed E-state index contributed by atoms with van der Waals surface area (Å²) in [5.74, 6) is -0.773. The van der Waals surface area contributed by atoms with E-state index in [1.54, 1.807) is 0 Å². The maximum absolute atomic E-state index is 12.0. The lowest BCUT2D eigenvalue weighted by molar-refractivity contribution is 0.0695. The molecule has 1 aliphatic carbocycles. The number of aromatic carboxylic acids is 1. The Labute approximate surface area is 108 Å². The maximum Gasteiger partial charge on any atom is 0.336 e. The first-order valence-corrected chi connectivity index (χ1v) is 7.60. The molecule has 2 rings (SSSR count). The summed E-state index contributed by atoms with van der Waals surface area (Å²) in [6.45, 7) is 0. The van der Waals surface area contributed by atoms with Crippen molar-refractivity contribution < 1.29 is 18.3 Å². The number of hydrogen-bond donors (Lipinski definition) is 1. The average Bonchev–Trinajstić information content (AvgIpc) is 3.00. The van der Waals surface area contributed by atoms with Gasteiger partial charge in [0, 0.05) is 4.47 Å². The Morgan fingerprint density at radius 2 is 2.06 bits per heavy atom. The highest BCUT2D eigenvalue weighted by Crippen LogP contribution is 2.32. The average molecular weight is 319 g/mol. The number of carboxylic acid groups (broad SMARTS) is 1. The van der Waals surface area contributed by atoms with Gasteiger partial charge in [0.05, 0.1) is 16.2 Å². The molecule has 1 fully saturated rings. The van der Waals surface area contributed by atoms with E-state index in [2.05, 4.69) is 15.9 Å². The van der Waals surface area contributed by atoms with Crippen LogP contribution in [0.1, 0.15) is 23.2 Å². The van der Waals surface area contributed by atoms with E-state index < -0.39 is 15.8 Å². The second-order valence-electron chi connectivity index (χ2n) is 4.17. The highest BCUT2D eigenvalue weighted by atomic mass is 79.9. The van der Waals surface area contributed by atoms with Crippen molar-refractivity contribution in [3.63, 3.8) is 0 Å². The van der Waals surface area contributed by atoms with Gasteiger partial charge < -0.3 is 5.11 Å². The molecule has 17 heavy (non-hydrogen) atoms. The lowest BCUT2D eigenvalue weighted by atomic mass is 10.2. The van der Waals surface area contributed by atoms with Crippen molar-refractivity contribution in [1.82, 2.24) is 0 Å². The first kappa shape index (κ1) is 12.6. The molecule has 0 unspecified atom stereocenters. The lowest BCUT2D eigenvalue weighted by Crippen LogP contribution is -2.10. The Morgan fingerprint density at radius 3 is 2.59 bits per heavy atom. The summed E-state index contributed by atoms with van der Waals surface area (Å²) in [6.07, 6.45) is 1.89. The minimum absolute atomic E-state index is 0.0260. The quantitative estimate of drug-likeness (QED) is 0.924. The van der Waals surface area contributed by atoms with Gasteiger partial charge in [0.25, 0.3) is 0 Å². The number of carbonyl (C=O) groups is 1. The van der Waals surface area contributed by atoms with Crippen molar-refractivity contribution in [3.8, 4) is 0 Å². The van der Waals surface area contributed by atoms with E-state index in [1.807, 2.05) is 0 Å². The molecule has 0 heterocycles. The van der Waals surface area contributed by atoms with Gasteiger partial charge in [-0.15, -0.1) is 0 Å². The molecule has 1 saturated carbocycles. The number of rotatable bonds is 4. The van der Waals surface area contributed by atoms with E-state index in [9.17, 15) is 13.2 Å². The normalized spacial score (nSPS) is 15.8. The van der Waals surface area contributed by atoms with Gasteiger partial charge in [0.2, 0.25) is 0 Å². The predicted molar refractivity (Wildman–Crippen MR) is 65.9 cm³/mol. The first-order valence-electron chi connectivity index (χ1n) is 5.16. The molecule has 0 aromatic heterocycles. The Morgan fingerprint density at radius 1 is 1.41 bits per heavy atom. The third kappa shape index (κ3) is 2.87. The standard InChI is InChI=1S/C11H11BrO4S/c12-10-4-3-8(5-9(10)11(13)14)17(15,16)6-7-1-2-7/h3-5,7H,1-2,6H2,(H,13,14). The van der Waals surface area contributed by atoms with Crippen LogP contribution in [0.5, 0.6) is 0 Å². The fourth-order valence-corrected chi connectivity index (χ4v) is 3.69. The van der Waals surface area contributed by atoms with Gasteiger partial charge in [-0.3, -0.25) is 0 Å². The summed E-state index contributed by atoms with van der Waals surface area (Å²) in [4.78, 5) is 11.0. The number of carboxylic acids is 1. The van der Waals surface area contributed by atoms with Crippen LogP contribution >= 0.6 is 15.9 Å². The molecule has 0 radical (unpaired) electrons. The van der Waals surface area contributed by atoms with E-state index in [0.717, 1.165) is 12.8 Å². The van der Waals surface area contributed by atoms with Crippen LogP contribution < -0.4 is 0 Å². The molecule has 0 spiro atoms. The summed E-state index contributed by atoms with van der Waals surface area (Å²) < 4.78 is 24.3. The molecule has 1 aliphatic rings. The van der Waals surface area contributed by atoms with Crippen LogP contribution in [0.25, 0.3) is 0 Å². The second-order valence-corrected chi connectivity index (χ2v) is 7.06. The van der Waals surface area contributed by atoms with Crippen molar-refractivity contribution in [3.05, 3.63) is 28.2 Å². The molecule has 0 amide bonds. The highest BCUT2D eigenvalue weighted by molar-refractivity contribution is 9.10. The summed E-state index contributed by atoms with van der Waals surface area (Å²) in [5, 5.41) is 8.93. The summed E-state index contributed by atoms with van der Waals surface area (Å²) in [5.41, 5.74) is -0.0260. The fraction of sp³-hybridized carbons (Fsp3) is 0.364. The zero-order valence-electron chi connectivity index (χ0n) is 8.89. The Kier molecular flexibility index (Phi) is 3.27. The Balaban J connectivity index is 2.38. The molecule has 0 bridgehead atoms. The van der Waals surface area contributed by atoms with Crippen LogP contribution in [-0.2, 0) is 9.84 Å². The molecule has 4 nitrogen and oxygen atoms in total. The molecule has 1 aromatic rings. The van der Waals surface area contributed by atoms with Gasteiger partial charge in [-0.2, -0.15) is 0 Å². The monoisotopic (exact) mass is 318 g/mol. The molecular formula is C11H11BrO4S. The molecule has 1 N–H and O–H groups in total. The van der Waals surface area contributed by atoms with E-state index >= 15 is 0 Å². The third-order valence-electron chi connectivity index (χ3n) is 2.68. The minimum atomic E-state index is -3.35. The molecule has 0 aliphatic heterocycles. The zero-order valence-corrected chi connectivity index (χ0v) is 11.3. The van der Waals surface area contributed by atoms with E-state index in [-0.39, 0.29) is 22.1 Å². The van der Waals surface area contributed by atoms with Crippen LogP contribution in [0.3, 0.4) is 0 Å². The largest absolute Gasteiger partial charge is 0.478 e. The SMILES string of the molecule is O=C(O)c1cc(S(=O)(=O)CC2CC2)ccc1Br. The molecule has 1 aromatic carbocycles. The van der Waals surface area contributed by atoms with Crippen LogP contribution in [0.2, 0.25) is 0 Å². The van der Waals surface area contributed by atoms with Crippen LogP contribution in [-0.4, -0.2) is 25.2 Å². The van der Waals surface area contributed by atoms with E-state index in [0.29, 0.717) is 4.47 Å². The maximum atomic E-state index is 12.0. The third-order valence-corrected chi connectivity index (χ3v) is 5.25. The van der Waals surface area contributed by atoms with Gasteiger partial charge in [-0.1, -0.05) is 0 Å². The fourth-order valence-electron chi connectivity index (χ4n) is 1.55. The molecule has 92 valence electrons. The number of hydrogen-bond acceptors (Lipinski definition) is 3. The van der Waals surface area contributed by atoms with E-state index in [1.165, 1.54) is 18.2 Å². The van der Waals surface area contributed by atoms with Crippen LogP contribution in [0.4, 0.5) is 0 Å². The predicted octanol–water partition coefficient (Wildman–Crippen LogP) is 2.33. The molecule has 0 atom stereocenters. The summed E-state index contributed by atoms with van der Waals surface area (Å²) in [7, 11) is -3.35. The zero-order chi connectivity index (χ0) is 12.6. The lowest BCUT2D eigenvalue weighted by Gasteiger charge is -2.05. The smallest absolute Gasteiger partial charge is 0.336 e. The van der Waals surface area contributed by atoms with Crippen LogP contribution in [0, 0.1) is 5.92 Å². The molecule has 6 heteroatoms. The number of halogens is 1. The van der Waals surface area contributed by atoms with Gasteiger partial charge in [0.1, 0.15) is 0 Å². The van der Waals surface area contributed by atoms with Gasteiger partial charge in [-0.05, 0) is 52.9 Å². The number of sulfone groups is 1. The summed E-state index contributed by atoms with van der Waals surface area (Å²) in [6, 6.07) is 4.11. The molecular weight excluding hydrogens is 308 g/mol. The van der Waals surface area contributed by atoms with Crippen molar-refractivity contribution in [1.29, 1.82) is 0 Å². The second kappa shape index (κ2) is 4.42. The Hall–Kier alpha value is -0.880. The van der Waals surface area contributed by atoms with Gasteiger partial charge in [0.15, 0.2) is 9.84 Å². The summed E-state index contributed by atoms with van der Waals surface area (Å²) >= 11 is 3.09. The van der Waals surface area contributed by atoms with Crippen LogP contribution in [0.15, 0.2) is 27.6 Å². The highest BCUT2D eigenvalue weighted by Gasteiger charge is 2.29. The van der Waals surface area contributed by atoms with Crippen molar-refractivity contribution >= 4 is 31.7 Å². The van der Waals surface area contributed by atoms with Gasteiger partial charge >= 0.3 is 5.97 Å². The Bertz CT molecular complexity index is 561. The van der Waals surface area contributed by atoms with Crippen molar-refractivity contribution in [2.45, 2.75) is 17.7 Å².